The van der Waals surface area contributed by atoms with Gasteiger partial charge in [-0.15, -0.1) is 0 Å². The van der Waals surface area contributed by atoms with E-state index in [2.05, 4.69) is 35.8 Å². The number of anilines is 3. The number of aromatic nitrogens is 8. The number of ether oxygens (including phenoxy) is 2. The van der Waals surface area contributed by atoms with Crippen LogP contribution in [-0.2, 0) is 24.9 Å². The van der Waals surface area contributed by atoms with E-state index in [9.17, 15) is 0 Å². The van der Waals surface area contributed by atoms with E-state index in [1.807, 2.05) is 13.8 Å². The summed E-state index contributed by atoms with van der Waals surface area (Å²) in [7, 11) is 3.52. The molecule has 14 heteroatoms. The SMILES string of the molecule is CNc1cn2ncc(Oc3cnc4nc(Nc5nn6c(c5F)COC(C)(C)C6)n(C)c4c3Cl)c2cn1. The Hall–Kier alpha value is -3.97. The second-order valence-corrected chi connectivity index (χ2v) is 9.38. The molecule has 0 saturated carbocycles. The molecule has 5 aromatic heterocycles. The van der Waals surface area contributed by atoms with Crippen LogP contribution in [0.3, 0.4) is 0 Å². The van der Waals surface area contributed by atoms with Crippen molar-refractivity contribution in [2.45, 2.75) is 32.6 Å². The van der Waals surface area contributed by atoms with Crippen LogP contribution >= 0.6 is 11.6 Å². The van der Waals surface area contributed by atoms with Crippen LogP contribution < -0.4 is 15.4 Å². The Labute approximate surface area is 209 Å². The summed E-state index contributed by atoms with van der Waals surface area (Å²) < 4.78 is 31.7. The average Bonchev–Trinajstić information content (AvgIpc) is 3.49. The number of rotatable bonds is 5. The van der Waals surface area contributed by atoms with Crippen LogP contribution in [0.25, 0.3) is 16.7 Å². The number of hydrogen-bond donors (Lipinski definition) is 2. The summed E-state index contributed by atoms with van der Waals surface area (Å²) >= 11 is 6.71. The van der Waals surface area contributed by atoms with Gasteiger partial charge in [0.2, 0.25) is 5.95 Å². The highest BCUT2D eigenvalue weighted by molar-refractivity contribution is 6.36. The maximum Gasteiger partial charge on any atom is 0.211 e. The minimum Gasteiger partial charge on any atom is -0.450 e. The largest absolute Gasteiger partial charge is 0.450 e. The number of pyridine rings is 1. The third kappa shape index (κ3) is 3.58. The molecule has 0 radical (unpaired) electrons. The van der Waals surface area contributed by atoms with Crippen molar-refractivity contribution in [1.29, 1.82) is 0 Å². The van der Waals surface area contributed by atoms with Gasteiger partial charge < -0.3 is 24.7 Å². The molecule has 1 aliphatic rings. The van der Waals surface area contributed by atoms with Crippen LogP contribution in [0.15, 0.2) is 24.8 Å². The molecule has 0 spiro atoms. The van der Waals surface area contributed by atoms with E-state index in [0.29, 0.717) is 57.2 Å². The Balaban J connectivity index is 1.33. The van der Waals surface area contributed by atoms with Crippen molar-refractivity contribution in [2.24, 2.45) is 7.05 Å². The molecule has 6 rings (SSSR count). The number of halogens is 2. The first-order chi connectivity index (χ1) is 17.2. The van der Waals surface area contributed by atoms with E-state index in [1.54, 1.807) is 46.5 Å². The molecule has 0 bridgehead atoms. The van der Waals surface area contributed by atoms with E-state index >= 15 is 4.39 Å². The molecule has 0 fully saturated rings. The van der Waals surface area contributed by atoms with Crippen LogP contribution in [0.4, 0.5) is 22.0 Å². The maximum atomic E-state index is 15.0. The molecule has 1 aliphatic heterocycles. The minimum absolute atomic E-state index is 0.0529. The van der Waals surface area contributed by atoms with Crippen molar-refractivity contribution in [1.82, 2.24) is 38.9 Å². The first kappa shape index (κ1) is 22.5. The lowest BCUT2D eigenvalue weighted by molar-refractivity contribution is -0.0673. The number of nitrogens with one attached hydrogen (secondary N) is 2. The molecule has 12 nitrogen and oxygen atoms in total. The van der Waals surface area contributed by atoms with Crippen molar-refractivity contribution < 1.29 is 13.9 Å². The van der Waals surface area contributed by atoms with Crippen LogP contribution in [-0.4, -0.2) is 51.6 Å². The first-order valence-corrected chi connectivity index (χ1v) is 11.5. The Bertz CT molecular complexity index is 1640. The van der Waals surface area contributed by atoms with Crippen molar-refractivity contribution in [3.63, 3.8) is 0 Å². The Morgan fingerprint density at radius 3 is 2.83 bits per heavy atom. The lowest BCUT2D eigenvalue weighted by Gasteiger charge is -2.30. The molecule has 0 aromatic carbocycles. The fraction of sp³-hybridized carbons (Fsp3) is 0.318. The molecular weight excluding hydrogens is 491 g/mol. The quantitative estimate of drug-likeness (QED) is 0.361. The zero-order chi connectivity index (χ0) is 25.2. The molecule has 0 saturated heterocycles. The van der Waals surface area contributed by atoms with Crippen LogP contribution in [0.5, 0.6) is 11.5 Å². The summed E-state index contributed by atoms with van der Waals surface area (Å²) in [6.07, 6.45) is 6.44. The lowest BCUT2D eigenvalue weighted by Crippen LogP contribution is -2.36. The highest BCUT2D eigenvalue weighted by atomic mass is 35.5. The highest BCUT2D eigenvalue weighted by Crippen LogP contribution is 2.37. The van der Waals surface area contributed by atoms with Crippen LogP contribution in [0, 0.1) is 5.82 Å². The van der Waals surface area contributed by atoms with Crippen LogP contribution in [0.1, 0.15) is 19.5 Å². The molecule has 5 aromatic rings. The fourth-order valence-electron chi connectivity index (χ4n) is 4.08. The predicted octanol–water partition coefficient (Wildman–Crippen LogP) is 3.89. The van der Waals surface area contributed by atoms with Crippen molar-refractivity contribution >= 4 is 45.9 Å². The van der Waals surface area contributed by atoms with Gasteiger partial charge in [0.1, 0.15) is 27.6 Å². The maximum absolute atomic E-state index is 15.0. The summed E-state index contributed by atoms with van der Waals surface area (Å²) in [6, 6.07) is 0. The van der Waals surface area contributed by atoms with Gasteiger partial charge >= 0.3 is 0 Å². The van der Waals surface area contributed by atoms with Gasteiger partial charge in [0.15, 0.2) is 28.8 Å². The first-order valence-electron chi connectivity index (χ1n) is 11.1. The van der Waals surface area contributed by atoms with Gasteiger partial charge in [-0.1, -0.05) is 11.6 Å². The minimum atomic E-state index is -0.483. The standard InChI is InChI=1S/C22H22ClFN10O2/c1-22(2)10-34-12(9-35-22)17(24)19(31-34)29-21-30-20-18(32(21)4)16(23)14(6-27-20)36-13-7-28-33-8-15(25-3)26-5-11(13)33/h5-8,25H,9-10H2,1-4H3,(H,27,29,30,31). The molecule has 0 atom stereocenters. The van der Waals surface area contributed by atoms with Gasteiger partial charge in [-0.2, -0.15) is 15.2 Å². The van der Waals surface area contributed by atoms with E-state index in [-0.39, 0.29) is 12.4 Å². The summed E-state index contributed by atoms with van der Waals surface area (Å²) in [4.78, 5) is 13.2. The summed E-state index contributed by atoms with van der Waals surface area (Å²) in [5.74, 6) is 1.34. The van der Waals surface area contributed by atoms with E-state index in [0.717, 1.165) is 0 Å². The van der Waals surface area contributed by atoms with Crippen molar-refractivity contribution in [3.8, 4) is 11.5 Å². The fourth-order valence-corrected chi connectivity index (χ4v) is 4.38. The van der Waals surface area contributed by atoms with E-state index < -0.39 is 11.4 Å². The van der Waals surface area contributed by atoms with Crippen LogP contribution in [0.2, 0.25) is 5.02 Å². The third-order valence-electron chi connectivity index (χ3n) is 6.00. The van der Waals surface area contributed by atoms with Gasteiger partial charge in [-0.25, -0.2) is 18.9 Å². The van der Waals surface area contributed by atoms with Gasteiger partial charge in [-0.05, 0) is 13.8 Å². The normalized spacial score (nSPS) is 14.8. The molecule has 6 heterocycles. The molecular formula is C22H22ClFN10O2. The second kappa shape index (κ2) is 8.03. The number of nitrogens with zero attached hydrogens (tertiary/aromatic N) is 8. The van der Waals surface area contributed by atoms with Gasteiger partial charge in [0.05, 0.1) is 43.5 Å². The van der Waals surface area contributed by atoms with Gasteiger partial charge in [-0.3, -0.25) is 4.68 Å². The van der Waals surface area contributed by atoms with E-state index in [4.69, 9.17) is 21.1 Å². The third-order valence-corrected chi connectivity index (χ3v) is 6.37. The zero-order valence-corrected chi connectivity index (χ0v) is 20.6. The molecule has 0 unspecified atom stereocenters. The lowest BCUT2D eigenvalue weighted by atomic mass is 10.1. The molecule has 36 heavy (non-hydrogen) atoms. The molecule has 0 amide bonds. The Kier molecular flexibility index (Phi) is 5.02. The smallest absolute Gasteiger partial charge is 0.211 e. The van der Waals surface area contributed by atoms with Gasteiger partial charge in [0.25, 0.3) is 0 Å². The van der Waals surface area contributed by atoms with Crippen molar-refractivity contribution in [2.75, 3.05) is 17.7 Å². The topological polar surface area (TPSA) is 121 Å². The Morgan fingerprint density at radius 2 is 2.03 bits per heavy atom. The highest BCUT2D eigenvalue weighted by Gasteiger charge is 2.31. The number of fused-ring (bicyclic) bond motifs is 3. The monoisotopic (exact) mass is 512 g/mol. The number of aryl methyl sites for hydroxylation is 1. The summed E-state index contributed by atoms with van der Waals surface area (Å²) in [5, 5.41) is 14.9. The van der Waals surface area contributed by atoms with E-state index in [1.165, 1.54) is 6.20 Å². The predicted molar refractivity (Wildman–Crippen MR) is 130 cm³/mol. The molecule has 186 valence electrons. The molecule has 0 aliphatic carbocycles. The average molecular weight is 513 g/mol. The second-order valence-electron chi connectivity index (χ2n) is 9.01. The molecule has 2 N–H and O–H groups in total. The summed E-state index contributed by atoms with van der Waals surface area (Å²) in [6.45, 7) is 4.45. The van der Waals surface area contributed by atoms with Crippen molar-refractivity contribution in [3.05, 3.63) is 41.3 Å². The Morgan fingerprint density at radius 1 is 1.19 bits per heavy atom. The zero-order valence-electron chi connectivity index (χ0n) is 19.9. The number of imidazole rings is 1. The van der Waals surface area contributed by atoms with Gasteiger partial charge in [0, 0.05) is 14.1 Å². The summed E-state index contributed by atoms with van der Waals surface area (Å²) in [5.41, 5.74) is 1.49. The number of hydrogen-bond acceptors (Lipinski definition) is 9.